The van der Waals surface area contributed by atoms with Gasteiger partial charge in [0, 0.05) is 5.39 Å². The van der Waals surface area contributed by atoms with E-state index in [1.807, 2.05) is 65.0 Å². The van der Waals surface area contributed by atoms with E-state index in [1.165, 1.54) is 4.68 Å². The van der Waals surface area contributed by atoms with Gasteiger partial charge in [0.2, 0.25) is 0 Å². The average molecular weight is 382 g/mol. The molecule has 148 valence electrons. The van der Waals surface area contributed by atoms with Crippen LogP contribution in [0, 0.1) is 0 Å². The first-order valence-electron chi connectivity index (χ1n) is 9.37. The molecule has 3 rings (SSSR count). The summed E-state index contributed by atoms with van der Waals surface area (Å²) in [6.07, 6.45) is 1.68. The summed E-state index contributed by atoms with van der Waals surface area (Å²) >= 11 is 0. The van der Waals surface area contributed by atoms with E-state index in [-0.39, 0.29) is 30.2 Å². The standard InChI is InChI=1S/C21H26N4O3/c1-14(2)18-16-11-22-25(21(3,4)5)19(16)20(27)24(23-18)12-17(26)28-13-15-9-7-6-8-10-15/h6-11,14H,12-13H2,1-5H3. The van der Waals surface area contributed by atoms with Gasteiger partial charge in [-0.15, -0.1) is 0 Å². The second-order valence-electron chi connectivity index (χ2n) is 8.14. The predicted molar refractivity (Wildman–Crippen MR) is 107 cm³/mol. The molecule has 3 aromatic rings. The highest BCUT2D eigenvalue weighted by Crippen LogP contribution is 2.24. The lowest BCUT2D eigenvalue weighted by atomic mass is 10.1. The molecule has 0 bridgehead atoms. The van der Waals surface area contributed by atoms with Crippen molar-refractivity contribution in [3.8, 4) is 0 Å². The molecule has 0 unspecified atom stereocenters. The largest absolute Gasteiger partial charge is 0.459 e. The van der Waals surface area contributed by atoms with Crippen LogP contribution in [0.25, 0.3) is 10.9 Å². The smallest absolute Gasteiger partial charge is 0.328 e. The Bertz CT molecular complexity index is 1040. The second-order valence-corrected chi connectivity index (χ2v) is 8.14. The van der Waals surface area contributed by atoms with Gasteiger partial charge in [-0.1, -0.05) is 44.2 Å². The van der Waals surface area contributed by atoms with Crippen LogP contribution in [-0.4, -0.2) is 25.5 Å². The van der Waals surface area contributed by atoms with Gasteiger partial charge in [0.1, 0.15) is 18.7 Å². The normalized spacial score (nSPS) is 11.9. The third kappa shape index (κ3) is 3.98. The number of nitrogens with zero attached hydrogens (tertiary/aromatic N) is 4. The molecule has 0 aliphatic carbocycles. The molecule has 0 spiro atoms. The lowest BCUT2D eigenvalue weighted by Gasteiger charge is -2.20. The Hall–Kier alpha value is -2.96. The third-order valence-electron chi connectivity index (χ3n) is 4.41. The number of aromatic nitrogens is 4. The van der Waals surface area contributed by atoms with Crippen molar-refractivity contribution in [3.63, 3.8) is 0 Å². The van der Waals surface area contributed by atoms with Crippen molar-refractivity contribution in [3.05, 3.63) is 58.1 Å². The van der Waals surface area contributed by atoms with Gasteiger partial charge in [0.25, 0.3) is 5.56 Å². The Labute approximate surface area is 163 Å². The van der Waals surface area contributed by atoms with E-state index in [4.69, 9.17) is 4.74 Å². The quantitative estimate of drug-likeness (QED) is 0.633. The molecule has 0 saturated heterocycles. The fraction of sp³-hybridized carbons (Fsp3) is 0.429. The van der Waals surface area contributed by atoms with E-state index in [0.717, 1.165) is 16.6 Å². The number of fused-ring (bicyclic) bond motifs is 1. The van der Waals surface area contributed by atoms with Crippen molar-refractivity contribution >= 4 is 16.9 Å². The van der Waals surface area contributed by atoms with Crippen molar-refractivity contribution in [2.24, 2.45) is 0 Å². The van der Waals surface area contributed by atoms with Gasteiger partial charge in [-0.05, 0) is 32.3 Å². The molecule has 7 heteroatoms. The van der Waals surface area contributed by atoms with Crippen molar-refractivity contribution < 1.29 is 9.53 Å². The molecule has 7 nitrogen and oxygen atoms in total. The first kappa shape index (κ1) is 19.8. The third-order valence-corrected chi connectivity index (χ3v) is 4.41. The summed E-state index contributed by atoms with van der Waals surface area (Å²) in [5.74, 6) is -0.429. The fourth-order valence-corrected chi connectivity index (χ4v) is 3.04. The van der Waals surface area contributed by atoms with Crippen LogP contribution in [0.15, 0.2) is 41.3 Å². The van der Waals surface area contributed by atoms with E-state index in [1.54, 1.807) is 10.9 Å². The van der Waals surface area contributed by atoms with E-state index in [9.17, 15) is 9.59 Å². The number of carbonyl (C=O) groups excluding carboxylic acids is 1. The first-order valence-corrected chi connectivity index (χ1v) is 9.37. The van der Waals surface area contributed by atoms with Gasteiger partial charge in [0.05, 0.1) is 17.4 Å². The summed E-state index contributed by atoms with van der Waals surface area (Å²) in [6, 6.07) is 9.41. The Morgan fingerprint density at radius 2 is 1.86 bits per heavy atom. The van der Waals surface area contributed by atoms with Crippen LogP contribution in [0.5, 0.6) is 0 Å². The molecule has 0 radical (unpaired) electrons. The molecule has 2 heterocycles. The summed E-state index contributed by atoms with van der Waals surface area (Å²) in [5.41, 5.74) is 1.37. The lowest BCUT2D eigenvalue weighted by molar-refractivity contribution is -0.146. The molecule has 0 fully saturated rings. The summed E-state index contributed by atoms with van der Waals surface area (Å²) in [5, 5.41) is 9.58. The Kier molecular flexibility index (Phi) is 5.36. The summed E-state index contributed by atoms with van der Waals surface area (Å²) in [6.45, 7) is 9.86. The molecule has 0 N–H and O–H groups in total. The lowest BCUT2D eigenvalue weighted by Crippen LogP contribution is -2.33. The number of esters is 1. The highest BCUT2D eigenvalue weighted by molar-refractivity contribution is 5.81. The molecule has 0 aliphatic heterocycles. The zero-order valence-electron chi connectivity index (χ0n) is 17.0. The SMILES string of the molecule is CC(C)c1nn(CC(=O)OCc2ccccc2)c(=O)c2c1cnn2C(C)(C)C. The van der Waals surface area contributed by atoms with Crippen molar-refractivity contribution in [2.75, 3.05) is 0 Å². The Balaban J connectivity index is 1.95. The number of rotatable bonds is 5. The minimum absolute atomic E-state index is 0.0762. The topological polar surface area (TPSA) is 79.0 Å². The second kappa shape index (κ2) is 7.58. The highest BCUT2D eigenvalue weighted by Gasteiger charge is 2.24. The fourth-order valence-electron chi connectivity index (χ4n) is 3.04. The number of carbonyl (C=O) groups is 1. The minimum Gasteiger partial charge on any atom is -0.459 e. The minimum atomic E-state index is -0.505. The van der Waals surface area contributed by atoms with E-state index >= 15 is 0 Å². The number of hydrogen-bond donors (Lipinski definition) is 0. The van der Waals surface area contributed by atoms with Gasteiger partial charge in [-0.2, -0.15) is 10.2 Å². The summed E-state index contributed by atoms with van der Waals surface area (Å²) in [7, 11) is 0. The van der Waals surface area contributed by atoms with Crippen molar-refractivity contribution in [1.82, 2.24) is 19.6 Å². The molecule has 0 atom stereocenters. The first-order chi connectivity index (χ1) is 13.2. The molecule has 0 aliphatic rings. The van der Waals surface area contributed by atoms with Crippen LogP contribution in [0.1, 0.15) is 51.8 Å². The van der Waals surface area contributed by atoms with Crippen molar-refractivity contribution in [1.29, 1.82) is 0 Å². The van der Waals surface area contributed by atoms with Crippen LogP contribution in [0.2, 0.25) is 0 Å². The maximum absolute atomic E-state index is 13.1. The van der Waals surface area contributed by atoms with Gasteiger partial charge < -0.3 is 4.74 Å². The summed E-state index contributed by atoms with van der Waals surface area (Å²) in [4.78, 5) is 25.4. The molecular formula is C21H26N4O3. The zero-order valence-corrected chi connectivity index (χ0v) is 17.0. The van der Waals surface area contributed by atoms with Gasteiger partial charge >= 0.3 is 5.97 Å². The highest BCUT2D eigenvalue weighted by atomic mass is 16.5. The number of ether oxygens (including phenoxy) is 1. The van der Waals surface area contributed by atoms with Crippen LogP contribution in [-0.2, 0) is 28.2 Å². The molecule has 1 aromatic carbocycles. The van der Waals surface area contributed by atoms with Crippen LogP contribution in [0.4, 0.5) is 0 Å². The van der Waals surface area contributed by atoms with E-state index in [2.05, 4.69) is 10.2 Å². The van der Waals surface area contributed by atoms with E-state index < -0.39 is 5.97 Å². The average Bonchev–Trinajstić information content (AvgIpc) is 3.09. The van der Waals surface area contributed by atoms with Crippen molar-refractivity contribution in [2.45, 2.75) is 59.2 Å². The Morgan fingerprint density at radius 3 is 2.46 bits per heavy atom. The van der Waals surface area contributed by atoms with Gasteiger partial charge in [-0.3, -0.25) is 14.3 Å². The monoisotopic (exact) mass is 382 g/mol. The van der Waals surface area contributed by atoms with Gasteiger partial charge in [-0.25, -0.2) is 4.68 Å². The maximum Gasteiger partial charge on any atom is 0.328 e. The number of benzene rings is 1. The van der Waals surface area contributed by atoms with E-state index in [0.29, 0.717) is 5.52 Å². The van der Waals surface area contributed by atoms with Crippen LogP contribution in [0.3, 0.4) is 0 Å². The molecule has 28 heavy (non-hydrogen) atoms. The predicted octanol–water partition coefficient (Wildman–Crippen LogP) is 3.21. The Morgan fingerprint density at radius 1 is 1.18 bits per heavy atom. The molecule has 0 saturated carbocycles. The molecule has 0 amide bonds. The molecular weight excluding hydrogens is 356 g/mol. The van der Waals surface area contributed by atoms with Crippen LogP contribution >= 0.6 is 0 Å². The van der Waals surface area contributed by atoms with Gasteiger partial charge in [0.15, 0.2) is 0 Å². The summed E-state index contributed by atoms with van der Waals surface area (Å²) < 4.78 is 8.21. The zero-order chi connectivity index (χ0) is 20.5. The molecule has 2 aromatic heterocycles. The van der Waals surface area contributed by atoms with Crippen LogP contribution < -0.4 is 5.56 Å². The maximum atomic E-state index is 13.1. The number of hydrogen-bond acceptors (Lipinski definition) is 5.